The maximum atomic E-state index is 12.5. The Morgan fingerprint density at radius 2 is 1.96 bits per heavy atom. The number of benzene rings is 1. The van der Waals surface area contributed by atoms with E-state index in [9.17, 15) is 4.79 Å². The highest BCUT2D eigenvalue weighted by atomic mass is 32.1. The first-order valence-electron chi connectivity index (χ1n) is 8.73. The van der Waals surface area contributed by atoms with E-state index in [-0.39, 0.29) is 5.78 Å². The lowest BCUT2D eigenvalue weighted by Crippen LogP contribution is -2.22. The third-order valence-corrected chi connectivity index (χ3v) is 6.84. The van der Waals surface area contributed by atoms with E-state index in [0.29, 0.717) is 5.41 Å². The molecule has 1 nitrogen and oxygen atoms in total. The lowest BCUT2D eigenvalue weighted by atomic mass is 9.75. The minimum absolute atomic E-state index is 0.241. The second-order valence-corrected chi connectivity index (χ2v) is 9.01. The molecule has 0 aliphatic heterocycles. The van der Waals surface area contributed by atoms with Crippen LogP contribution in [0.25, 0.3) is 10.4 Å². The lowest BCUT2D eigenvalue weighted by Gasteiger charge is -2.29. The van der Waals surface area contributed by atoms with E-state index < -0.39 is 0 Å². The number of aryl methyl sites for hydroxylation is 2. The average molecular weight is 324 g/mol. The fourth-order valence-corrected chi connectivity index (χ4v) is 5.73. The van der Waals surface area contributed by atoms with Crippen LogP contribution >= 0.6 is 11.3 Å². The summed E-state index contributed by atoms with van der Waals surface area (Å²) in [6.45, 7) is 6.41. The van der Waals surface area contributed by atoms with E-state index in [4.69, 9.17) is 0 Å². The van der Waals surface area contributed by atoms with Crippen molar-refractivity contribution in [1.82, 2.24) is 0 Å². The van der Waals surface area contributed by atoms with Gasteiger partial charge in [0, 0.05) is 15.3 Å². The van der Waals surface area contributed by atoms with Crippen molar-refractivity contribution in [3.05, 3.63) is 45.3 Å². The predicted octanol–water partition coefficient (Wildman–Crippen LogP) is 5.62. The van der Waals surface area contributed by atoms with Crippen LogP contribution in [-0.4, -0.2) is 5.78 Å². The molecule has 2 aliphatic rings. The van der Waals surface area contributed by atoms with Crippen molar-refractivity contribution in [2.75, 3.05) is 0 Å². The maximum Gasteiger partial charge on any atom is 0.161 e. The Morgan fingerprint density at radius 3 is 2.74 bits per heavy atom. The molecule has 0 bridgehead atoms. The first-order valence-corrected chi connectivity index (χ1v) is 9.54. The lowest BCUT2D eigenvalue weighted by molar-refractivity contribution is 0.101. The summed E-state index contributed by atoms with van der Waals surface area (Å²) in [6.07, 6.45) is 7.00. The van der Waals surface area contributed by atoms with Gasteiger partial charge in [0.25, 0.3) is 0 Å². The number of hydrogen-bond acceptors (Lipinski definition) is 2. The first-order chi connectivity index (χ1) is 11.0. The molecule has 23 heavy (non-hydrogen) atoms. The van der Waals surface area contributed by atoms with Crippen LogP contribution < -0.4 is 0 Å². The summed E-state index contributed by atoms with van der Waals surface area (Å²) in [5, 5.41) is 0. The molecule has 1 aromatic carbocycles. The summed E-state index contributed by atoms with van der Waals surface area (Å²) >= 11 is 1.89. The number of carbonyl (C=O) groups is 1. The van der Waals surface area contributed by atoms with Crippen LogP contribution in [0.1, 0.15) is 65.5 Å². The molecule has 1 heterocycles. The molecule has 0 atom stereocenters. The Kier molecular flexibility index (Phi) is 3.49. The molecule has 0 spiro atoms. The number of hydrogen-bond donors (Lipinski definition) is 0. The fourth-order valence-electron chi connectivity index (χ4n) is 4.31. The minimum atomic E-state index is 0.241. The van der Waals surface area contributed by atoms with E-state index in [1.54, 1.807) is 6.92 Å². The average Bonchev–Trinajstić information content (AvgIpc) is 3.08. The van der Waals surface area contributed by atoms with Crippen molar-refractivity contribution in [2.45, 2.75) is 59.3 Å². The molecule has 120 valence electrons. The largest absolute Gasteiger partial charge is 0.294 e. The van der Waals surface area contributed by atoms with E-state index >= 15 is 0 Å². The maximum absolute atomic E-state index is 12.5. The third kappa shape index (κ3) is 2.48. The van der Waals surface area contributed by atoms with E-state index in [1.807, 2.05) is 11.3 Å². The summed E-state index contributed by atoms with van der Waals surface area (Å²) in [5.41, 5.74) is 7.01. The summed E-state index contributed by atoms with van der Waals surface area (Å²) in [5.74, 6) is 0.241. The Bertz CT molecular complexity index is 794. The van der Waals surface area contributed by atoms with Crippen molar-refractivity contribution in [2.24, 2.45) is 5.41 Å². The van der Waals surface area contributed by atoms with E-state index in [2.05, 4.69) is 32.0 Å². The van der Waals surface area contributed by atoms with Crippen molar-refractivity contribution in [3.63, 3.8) is 0 Å². The van der Waals surface area contributed by atoms with E-state index in [0.717, 1.165) is 24.8 Å². The van der Waals surface area contributed by atoms with Gasteiger partial charge in [0.05, 0.1) is 0 Å². The topological polar surface area (TPSA) is 17.1 Å². The zero-order valence-electron chi connectivity index (χ0n) is 14.3. The Hall–Kier alpha value is -1.41. The van der Waals surface area contributed by atoms with Crippen molar-refractivity contribution < 1.29 is 4.79 Å². The van der Waals surface area contributed by atoms with Gasteiger partial charge in [0.1, 0.15) is 0 Å². The molecule has 0 amide bonds. The number of rotatable bonds is 2. The highest BCUT2D eigenvalue weighted by Gasteiger charge is 2.32. The quantitative estimate of drug-likeness (QED) is 0.655. The molecule has 4 rings (SSSR count). The summed E-state index contributed by atoms with van der Waals surface area (Å²) < 4.78 is 0. The van der Waals surface area contributed by atoms with Gasteiger partial charge in [-0.05, 0) is 73.1 Å². The third-order valence-electron chi connectivity index (χ3n) is 5.52. The highest BCUT2D eigenvalue weighted by molar-refractivity contribution is 7.16. The van der Waals surface area contributed by atoms with Gasteiger partial charge in [-0.1, -0.05) is 32.0 Å². The van der Waals surface area contributed by atoms with Crippen molar-refractivity contribution >= 4 is 17.1 Å². The first kappa shape index (κ1) is 15.1. The van der Waals surface area contributed by atoms with E-state index in [1.165, 1.54) is 51.3 Å². The van der Waals surface area contributed by atoms with Crippen LogP contribution in [0.3, 0.4) is 0 Å². The van der Waals surface area contributed by atoms with Crippen LogP contribution in [-0.2, 0) is 25.7 Å². The monoisotopic (exact) mass is 324 g/mol. The van der Waals surface area contributed by atoms with Crippen LogP contribution in [0, 0.1) is 5.41 Å². The zero-order valence-corrected chi connectivity index (χ0v) is 15.1. The van der Waals surface area contributed by atoms with Crippen LogP contribution in [0.2, 0.25) is 0 Å². The smallest absolute Gasteiger partial charge is 0.161 e. The van der Waals surface area contributed by atoms with Crippen LogP contribution in [0.5, 0.6) is 0 Å². The van der Waals surface area contributed by atoms with Gasteiger partial charge >= 0.3 is 0 Å². The fraction of sp³-hybridized carbons (Fsp3) is 0.476. The molecule has 0 N–H and O–H groups in total. The van der Waals surface area contributed by atoms with Crippen LogP contribution in [0.15, 0.2) is 18.2 Å². The van der Waals surface area contributed by atoms with Gasteiger partial charge in [-0.25, -0.2) is 0 Å². The molecule has 0 fully saturated rings. The van der Waals surface area contributed by atoms with Crippen molar-refractivity contribution in [3.8, 4) is 10.4 Å². The Labute approximate surface area is 142 Å². The van der Waals surface area contributed by atoms with Gasteiger partial charge in [-0.2, -0.15) is 0 Å². The number of Topliss-reactive ketones (excluding diaryl/α,β-unsaturated/α-hetero) is 1. The molecule has 1 aromatic heterocycles. The van der Waals surface area contributed by atoms with Gasteiger partial charge in [0.2, 0.25) is 0 Å². The molecular weight excluding hydrogens is 300 g/mol. The van der Waals surface area contributed by atoms with Gasteiger partial charge in [-0.15, -0.1) is 11.3 Å². The van der Waals surface area contributed by atoms with Crippen molar-refractivity contribution in [1.29, 1.82) is 0 Å². The summed E-state index contributed by atoms with van der Waals surface area (Å²) in [7, 11) is 0. The molecule has 2 aliphatic carbocycles. The van der Waals surface area contributed by atoms with Gasteiger partial charge in [0.15, 0.2) is 5.78 Å². The normalized spacial score (nSPS) is 18.6. The molecule has 2 heteroatoms. The summed E-state index contributed by atoms with van der Waals surface area (Å²) in [4.78, 5) is 15.2. The second kappa shape index (κ2) is 5.31. The minimum Gasteiger partial charge on any atom is -0.294 e. The molecule has 0 saturated heterocycles. The zero-order chi connectivity index (χ0) is 16.2. The standard InChI is InChI=1S/C21H24OS/c1-13(22)19-17-12-21(2,3)11-10-18(17)23-20(19)16-9-5-7-14-6-4-8-15(14)16/h5,7,9H,4,6,8,10-12H2,1-3H3. The molecule has 2 aromatic rings. The second-order valence-electron chi connectivity index (χ2n) is 7.90. The Morgan fingerprint density at radius 1 is 1.13 bits per heavy atom. The number of carbonyl (C=O) groups excluding carboxylic acids is 1. The molecule has 0 radical (unpaired) electrons. The molecule has 0 saturated carbocycles. The number of thiophene rings is 1. The number of ketones is 1. The highest BCUT2D eigenvalue weighted by Crippen LogP contribution is 2.46. The molecule has 0 unspecified atom stereocenters. The predicted molar refractivity (Wildman–Crippen MR) is 97.6 cm³/mol. The summed E-state index contributed by atoms with van der Waals surface area (Å²) in [6, 6.07) is 6.67. The molecular formula is C21H24OS. The van der Waals surface area contributed by atoms with Gasteiger partial charge < -0.3 is 0 Å². The Balaban J connectivity index is 1.93. The number of fused-ring (bicyclic) bond motifs is 2. The van der Waals surface area contributed by atoms with Crippen LogP contribution in [0.4, 0.5) is 0 Å². The van der Waals surface area contributed by atoms with Gasteiger partial charge in [-0.3, -0.25) is 4.79 Å². The SMILES string of the molecule is CC(=O)c1c(-c2cccc3c2CCC3)sc2c1CC(C)(C)CC2.